The predicted molar refractivity (Wildman–Crippen MR) is 99.2 cm³/mol. The second kappa shape index (κ2) is 7.09. The molecule has 5 aromatic rings. The van der Waals surface area contributed by atoms with E-state index in [1.54, 1.807) is 4.52 Å². The van der Waals surface area contributed by atoms with Crippen molar-refractivity contribution >= 4 is 27.5 Å². The largest absolute Gasteiger partial charge is 0.370 e. The van der Waals surface area contributed by atoms with Gasteiger partial charge in [0.15, 0.2) is 5.82 Å². The third-order valence-corrected chi connectivity index (χ3v) is 5.11. The zero-order valence-corrected chi connectivity index (χ0v) is 18.1. The predicted octanol–water partition coefficient (Wildman–Crippen LogP) is 3.23. The van der Waals surface area contributed by atoms with E-state index in [0.29, 0.717) is 16.3 Å². The summed E-state index contributed by atoms with van der Waals surface area (Å²) in [5, 5.41) is 4.12. The Bertz CT molecular complexity index is 1310. The van der Waals surface area contributed by atoms with Crippen LogP contribution in [0.15, 0.2) is 42.6 Å². The third-order valence-electron chi connectivity index (χ3n) is 4.38. The van der Waals surface area contributed by atoms with Crippen LogP contribution in [-0.2, 0) is 20.1 Å². The van der Waals surface area contributed by atoms with Crippen LogP contribution in [0.3, 0.4) is 0 Å². The van der Waals surface area contributed by atoms with Crippen LogP contribution >= 0.6 is 11.3 Å². The quantitative estimate of drug-likeness (QED) is 0.243. The fourth-order valence-electron chi connectivity index (χ4n) is 3.23. The molecule has 4 heterocycles. The average molecular weight is 569 g/mol. The summed E-state index contributed by atoms with van der Waals surface area (Å²) in [4.78, 5) is 12.9. The first-order valence-electron chi connectivity index (χ1n) is 8.30. The van der Waals surface area contributed by atoms with Crippen molar-refractivity contribution in [1.82, 2.24) is 24.6 Å². The molecule has 0 saturated carbocycles. The normalized spacial score (nSPS) is 11.1. The van der Waals surface area contributed by atoms with E-state index in [9.17, 15) is 4.39 Å². The number of rotatable bonds is 2. The van der Waals surface area contributed by atoms with Gasteiger partial charge < -0.3 is 4.98 Å². The van der Waals surface area contributed by atoms with Crippen LogP contribution in [0.1, 0.15) is 11.1 Å². The molecule has 5 rings (SSSR count). The van der Waals surface area contributed by atoms with Crippen LogP contribution in [-0.4, -0.2) is 24.6 Å². The molecule has 4 aromatic heterocycles. The molecule has 9 heteroatoms. The molecule has 0 aliphatic heterocycles. The summed E-state index contributed by atoms with van der Waals surface area (Å²) in [5.74, 6) is 0.571. The van der Waals surface area contributed by atoms with Crippen LogP contribution in [0.2, 0.25) is 0 Å². The fourth-order valence-corrected chi connectivity index (χ4v) is 3.80. The van der Waals surface area contributed by atoms with E-state index in [4.69, 9.17) is 0 Å². The number of hydrogen-bond acceptors (Lipinski definition) is 5. The Balaban J connectivity index is 0.00000192. The number of thiazole rings is 1. The smallest absolute Gasteiger partial charge is 0.301 e. The van der Waals surface area contributed by atoms with Gasteiger partial charge in [0.05, 0.1) is 4.83 Å². The third kappa shape index (κ3) is 2.92. The van der Waals surface area contributed by atoms with Crippen LogP contribution in [0.25, 0.3) is 33.3 Å². The van der Waals surface area contributed by atoms with Gasteiger partial charge in [-0.2, -0.15) is 4.39 Å². The second-order valence-corrected chi connectivity index (χ2v) is 7.11. The molecule has 141 valence electrons. The molecular weight excluding hydrogens is 556 g/mol. The van der Waals surface area contributed by atoms with E-state index in [1.807, 2.05) is 35.0 Å². The second-order valence-electron chi connectivity index (χ2n) is 6.18. The molecule has 0 spiro atoms. The molecule has 1 radical (unpaired) electrons. The first-order valence-corrected chi connectivity index (χ1v) is 9.11. The van der Waals surface area contributed by atoms with E-state index in [1.165, 1.54) is 0 Å². The van der Waals surface area contributed by atoms with E-state index in [2.05, 4.69) is 52.2 Å². The number of halogens is 1. The molecule has 0 aliphatic carbocycles. The van der Waals surface area contributed by atoms with Gasteiger partial charge in [0.1, 0.15) is 17.5 Å². The Hall–Kier alpha value is -2.61. The molecule has 0 bridgehead atoms. The SMILES string of the molecule is Cc1cccc(C)c1-n1c(-c2[c-]nc3sc(F)nc3n2)n[n+]2ccccc12.[Ir]. The molecule has 0 N–H and O–H groups in total. The first-order chi connectivity index (χ1) is 13.1. The number of pyridine rings is 1. The minimum atomic E-state index is -0.562. The standard InChI is InChI=1S/C19H13FN6S.Ir/c1-11-6-5-7-12(2)15(11)26-14-8-3-4-9-25(14)24-17(26)13-10-21-18-16(22-13)23-19(20)27-18;/h3-9H,1-2H3;. The molecule has 0 saturated heterocycles. The Morgan fingerprint density at radius 3 is 2.64 bits per heavy atom. The zero-order chi connectivity index (χ0) is 18.5. The number of hydrogen-bond donors (Lipinski definition) is 0. The molecule has 0 aliphatic rings. The topological polar surface area (TPSA) is 60.6 Å². The first kappa shape index (κ1) is 18.7. The van der Waals surface area contributed by atoms with Gasteiger partial charge in [-0.15, -0.1) is 15.9 Å². The van der Waals surface area contributed by atoms with Gasteiger partial charge in [-0.1, -0.05) is 29.4 Å². The van der Waals surface area contributed by atoms with Crippen LogP contribution < -0.4 is 4.52 Å². The number of para-hydroxylation sites is 1. The summed E-state index contributed by atoms with van der Waals surface area (Å²) in [6.45, 7) is 4.11. The minimum absolute atomic E-state index is 0. The van der Waals surface area contributed by atoms with Gasteiger partial charge in [-0.05, 0) is 37.2 Å². The van der Waals surface area contributed by atoms with Crippen molar-refractivity contribution in [3.8, 4) is 17.2 Å². The van der Waals surface area contributed by atoms with Crippen molar-refractivity contribution in [1.29, 1.82) is 0 Å². The summed E-state index contributed by atoms with van der Waals surface area (Å²) in [5.41, 5.74) is 4.79. The number of fused-ring (bicyclic) bond motifs is 2. The van der Waals surface area contributed by atoms with Crippen molar-refractivity contribution in [2.45, 2.75) is 13.8 Å². The number of aromatic nitrogens is 6. The van der Waals surface area contributed by atoms with Crippen LogP contribution in [0.4, 0.5) is 4.39 Å². The molecular formula is C19H13FIrN6S. The van der Waals surface area contributed by atoms with E-state index >= 15 is 0 Å². The average Bonchev–Trinajstić information content (AvgIpc) is 3.21. The van der Waals surface area contributed by atoms with Crippen molar-refractivity contribution in [2.75, 3.05) is 0 Å². The summed E-state index contributed by atoms with van der Waals surface area (Å²) in [6, 6.07) is 12.0. The van der Waals surface area contributed by atoms with E-state index in [0.717, 1.165) is 33.8 Å². The monoisotopic (exact) mass is 569 g/mol. The van der Waals surface area contributed by atoms with Gasteiger partial charge in [0, 0.05) is 31.9 Å². The van der Waals surface area contributed by atoms with Crippen molar-refractivity contribution in [3.63, 3.8) is 0 Å². The number of aryl methyl sites for hydroxylation is 2. The number of benzene rings is 1. The maximum absolute atomic E-state index is 13.5. The molecule has 0 amide bonds. The molecule has 0 fully saturated rings. The Morgan fingerprint density at radius 1 is 1.07 bits per heavy atom. The van der Waals surface area contributed by atoms with Crippen LogP contribution in [0.5, 0.6) is 0 Å². The van der Waals surface area contributed by atoms with E-state index < -0.39 is 5.26 Å². The van der Waals surface area contributed by atoms with Crippen molar-refractivity contribution in [2.24, 2.45) is 0 Å². The summed E-state index contributed by atoms with van der Waals surface area (Å²) >= 11 is 0.851. The van der Waals surface area contributed by atoms with Gasteiger partial charge in [0.25, 0.3) is 5.26 Å². The van der Waals surface area contributed by atoms with Gasteiger partial charge >= 0.3 is 5.65 Å². The molecule has 6 nitrogen and oxygen atoms in total. The summed E-state index contributed by atoms with van der Waals surface area (Å²) < 4.78 is 17.3. The molecule has 28 heavy (non-hydrogen) atoms. The molecule has 1 aromatic carbocycles. The van der Waals surface area contributed by atoms with Gasteiger partial charge in [0.2, 0.25) is 0 Å². The maximum atomic E-state index is 13.5. The van der Waals surface area contributed by atoms with Crippen LogP contribution in [0, 0.1) is 25.3 Å². The Kier molecular flexibility index (Phi) is 4.74. The zero-order valence-electron chi connectivity index (χ0n) is 14.8. The fraction of sp³-hybridized carbons (Fsp3) is 0.105. The summed E-state index contributed by atoms with van der Waals surface area (Å²) in [7, 11) is 0. The maximum Gasteiger partial charge on any atom is 0.301 e. The minimum Gasteiger partial charge on any atom is -0.370 e. The Morgan fingerprint density at radius 2 is 1.86 bits per heavy atom. The number of nitrogens with zero attached hydrogens (tertiary/aromatic N) is 6. The van der Waals surface area contributed by atoms with Crippen molar-refractivity contribution < 1.29 is 29.0 Å². The molecule has 0 unspecified atom stereocenters. The van der Waals surface area contributed by atoms with Crippen molar-refractivity contribution in [3.05, 3.63) is 65.2 Å². The van der Waals surface area contributed by atoms with Gasteiger partial charge in [-0.3, -0.25) is 4.98 Å². The Labute approximate surface area is 177 Å². The van der Waals surface area contributed by atoms with E-state index in [-0.39, 0.29) is 25.8 Å². The summed E-state index contributed by atoms with van der Waals surface area (Å²) in [6.07, 6.45) is 4.77. The molecule has 0 atom stereocenters. The van der Waals surface area contributed by atoms with Gasteiger partial charge in [-0.25, -0.2) is 9.55 Å².